The predicted molar refractivity (Wildman–Crippen MR) is 103 cm³/mol. The van der Waals surface area contributed by atoms with Crippen molar-refractivity contribution in [3.63, 3.8) is 0 Å². The number of nitrogens with zero attached hydrogens (tertiary/aromatic N) is 4. The molecule has 0 atom stereocenters. The third-order valence-corrected chi connectivity index (χ3v) is 4.49. The van der Waals surface area contributed by atoms with Crippen molar-refractivity contribution in [2.45, 2.75) is 6.92 Å². The molecule has 1 N–H and O–H groups in total. The van der Waals surface area contributed by atoms with Crippen LogP contribution in [0.2, 0.25) is 0 Å². The maximum Gasteiger partial charge on any atom is 0.238 e. The predicted octanol–water partition coefficient (Wildman–Crippen LogP) is 1.92. The fourth-order valence-electron chi connectivity index (χ4n) is 3.02. The number of carbonyl (C=O) groups excluding carboxylic acids is 2. The van der Waals surface area contributed by atoms with Gasteiger partial charge in [0, 0.05) is 43.6 Å². The molecule has 7 nitrogen and oxygen atoms in total. The molecule has 1 aromatic heterocycles. The first kappa shape index (κ1) is 18.5. The summed E-state index contributed by atoms with van der Waals surface area (Å²) in [6, 6.07) is 12.5. The van der Waals surface area contributed by atoms with Crippen LogP contribution < -0.4 is 10.2 Å². The molecule has 1 fully saturated rings. The van der Waals surface area contributed by atoms with Gasteiger partial charge in [-0.05, 0) is 31.2 Å². The summed E-state index contributed by atoms with van der Waals surface area (Å²) in [5, 5.41) is 11.9. The molecule has 0 bridgehead atoms. The van der Waals surface area contributed by atoms with Crippen molar-refractivity contribution >= 4 is 23.2 Å². The maximum atomic E-state index is 12.3. The molecule has 1 aliphatic heterocycles. The van der Waals surface area contributed by atoms with Crippen LogP contribution in [0.5, 0.6) is 0 Å². The van der Waals surface area contributed by atoms with Crippen molar-refractivity contribution in [2.24, 2.45) is 0 Å². The monoisotopic (exact) mass is 363 g/mol. The standard InChI is InChI=1S/C20H21N5O2/c1-15(26)17-3-2-4-18(12-17)23-20(27)14-24-7-9-25(10-8-24)19-11-16(13-21)5-6-22-19/h2-6,11-12H,7-10,14H2,1H3,(H,23,27). The molecule has 2 heterocycles. The second kappa shape index (κ2) is 8.43. The zero-order chi connectivity index (χ0) is 19.2. The van der Waals surface area contributed by atoms with E-state index in [1.807, 2.05) is 0 Å². The Morgan fingerprint density at radius 3 is 2.67 bits per heavy atom. The van der Waals surface area contributed by atoms with E-state index in [0.717, 1.165) is 32.0 Å². The van der Waals surface area contributed by atoms with Crippen molar-refractivity contribution in [1.82, 2.24) is 9.88 Å². The molecule has 138 valence electrons. The summed E-state index contributed by atoms with van der Waals surface area (Å²) in [6.07, 6.45) is 1.64. The number of piperazine rings is 1. The lowest BCUT2D eigenvalue weighted by molar-refractivity contribution is -0.117. The van der Waals surface area contributed by atoms with Crippen LogP contribution in [-0.2, 0) is 4.79 Å². The van der Waals surface area contributed by atoms with Crippen LogP contribution in [0.15, 0.2) is 42.6 Å². The van der Waals surface area contributed by atoms with Crippen molar-refractivity contribution in [1.29, 1.82) is 5.26 Å². The normalized spacial score (nSPS) is 14.4. The van der Waals surface area contributed by atoms with Gasteiger partial charge in [-0.15, -0.1) is 0 Å². The summed E-state index contributed by atoms with van der Waals surface area (Å²) in [5.41, 5.74) is 1.80. The number of amides is 1. The molecule has 1 aliphatic rings. The summed E-state index contributed by atoms with van der Waals surface area (Å²) in [5.74, 6) is 0.657. The van der Waals surface area contributed by atoms with Gasteiger partial charge in [0.25, 0.3) is 0 Å². The Labute approximate surface area is 158 Å². The minimum absolute atomic E-state index is 0.0312. The lowest BCUT2D eigenvalue weighted by Gasteiger charge is -2.35. The molecule has 0 unspecified atom stereocenters. The Kier molecular flexibility index (Phi) is 5.79. The molecule has 27 heavy (non-hydrogen) atoms. The number of Topliss-reactive ketones (excluding diaryl/α,β-unsaturated/α-hetero) is 1. The van der Waals surface area contributed by atoms with E-state index in [2.05, 4.69) is 26.2 Å². The summed E-state index contributed by atoms with van der Waals surface area (Å²) in [4.78, 5) is 32.3. The third kappa shape index (κ3) is 4.90. The van der Waals surface area contributed by atoms with Gasteiger partial charge in [-0.1, -0.05) is 12.1 Å². The van der Waals surface area contributed by atoms with Crippen LogP contribution in [0.1, 0.15) is 22.8 Å². The Hall–Kier alpha value is -3.24. The number of rotatable bonds is 5. The first-order chi connectivity index (χ1) is 13.0. The fourth-order valence-corrected chi connectivity index (χ4v) is 3.02. The van der Waals surface area contributed by atoms with E-state index in [9.17, 15) is 9.59 Å². The highest BCUT2D eigenvalue weighted by atomic mass is 16.2. The number of hydrogen-bond acceptors (Lipinski definition) is 6. The van der Waals surface area contributed by atoms with E-state index >= 15 is 0 Å². The summed E-state index contributed by atoms with van der Waals surface area (Å²) < 4.78 is 0. The number of hydrogen-bond donors (Lipinski definition) is 1. The Bertz CT molecular complexity index is 882. The van der Waals surface area contributed by atoms with Crippen LogP contribution in [-0.4, -0.2) is 54.3 Å². The number of aromatic nitrogens is 1. The highest BCUT2D eigenvalue weighted by Gasteiger charge is 2.20. The minimum atomic E-state index is -0.103. The molecule has 0 radical (unpaired) electrons. The van der Waals surface area contributed by atoms with E-state index in [1.165, 1.54) is 6.92 Å². The van der Waals surface area contributed by atoms with E-state index in [4.69, 9.17) is 5.26 Å². The summed E-state index contributed by atoms with van der Waals surface area (Å²) >= 11 is 0. The first-order valence-electron chi connectivity index (χ1n) is 8.79. The van der Waals surface area contributed by atoms with Crippen LogP contribution in [0.25, 0.3) is 0 Å². The lowest BCUT2D eigenvalue weighted by atomic mass is 10.1. The van der Waals surface area contributed by atoms with Gasteiger partial charge in [0.05, 0.1) is 18.2 Å². The molecule has 0 saturated carbocycles. The number of nitriles is 1. The summed E-state index contributed by atoms with van der Waals surface area (Å²) in [6.45, 7) is 4.76. The van der Waals surface area contributed by atoms with E-state index in [0.29, 0.717) is 23.4 Å². The van der Waals surface area contributed by atoms with E-state index < -0.39 is 0 Å². The highest BCUT2D eigenvalue weighted by molar-refractivity contribution is 5.97. The van der Waals surface area contributed by atoms with Crippen molar-refractivity contribution in [3.8, 4) is 6.07 Å². The largest absolute Gasteiger partial charge is 0.354 e. The quantitative estimate of drug-likeness (QED) is 0.817. The molecular weight excluding hydrogens is 342 g/mol. The molecule has 0 spiro atoms. The number of nitrogens with one attached hydrogen (secondary N) is 1. The van der Waals surface area contributed by atoms with Crippen LogP contribution in [0, 0.1) is 11.3 Å². The van der Waals surface area contributed by atoms with E-state index in [-0.39, 0.29) is 11.7 Å². The Morgan fingerprint density at radius 1 is 1.19 bits per heavy atom. The fraction of sp³-hybridized carbons (Fsp3) is 0.300. The molecular formula is C20H21N5O2. The van der Waals surface area contributed by atoms with Gasteiger partial charge in [-0.2, -0.15) is 5.26 Å². The average Bonchev–Trinajstić information content (AvgIpc) is 2.68. The molecule has 7 heteroatoms. The first-order valence-corrected chi connectivity index (χ1v) is 8.79. The molecule has 2 aromatic rings. The zero-order valence-corrected chi connectivity index (χ0v) is 15.2. The van der Waals surface area contributed by atoms with Gasteiger partial charge >= 0.3 is 0 Å². The second-order valence-corrected chi connectivity index (χ2v) is 6.46. The van der Waals surface area contributed by atoms with Gasteiger partial charge in [-0.3, -0.25) is 14.5 Å². The Balaban J connectivity index is 1.51. The van der Waals surface area contributed by atoms with Gasteiger partial charge in [0.15, 0.2) is 5.78 Å². The average molecular weight is 363 g/mol. The van der Waals surface area contributed by atoms with Gasteiger partial charge in [-0.25, -0.2) is 4.98 Å². The van der Waals surface area contributed by atoms with Crippen LogP contribution in [0.3, 0.4) is 0 Å². The third-order valence-electron chi connectivity index (χ3n) is 4.49. The van der Waals surface area contributed by atoms with Gasteiger partial charge in [0.1, 0.15) is 5.82 Å². The number of carbonyl (C=O) groups is 2. The van der Waals surface area contributed by atoms with Crippen LogP contribution >= 0.6 is 0 Å². The summed E-state index contributed by atoms with van der Waals surface area (Å²) in [7, 11) is 0. The van der Waals surface area contributed by atoms with Gasteiger partial charge in [0.2, 0.25) is 5.91 Å². The maximum absolute atomic E-state index is 12.3. The topological polar surface area (TPSA) is 89.3 Å². The molecule has 1 aromatic carbocycles. The number of benzene rings is 1. The van der Waals surface area contributed by atoms with Crippen LogP contribution in [0.4, 0.5) is 11.5 Å². The number of pyridine rings is 1. The van der Waals surface area contributed by atoms with Crippen molar-refractivity contribution in [3.05, 3.63) is 53.7 Å². The molecule has 1 saturated heterocycles. The second-order valence-electron chi connectivity index (χ2n) is 6.46. The molecule has 3 rings (SSSR count). The zero-order valence-electron chi connectivity index (χ0n) is 15.2. The highest BCUT2D eigenvalue weighted by Crippen LogP contribution is 2.15. The SMILES string of the molecule is CC(=O)c1cccc(NC(=O)CN2CCN(c3cc(C#N)ccn3)CC2)c1. The van der Waals surface area contributed by atoms with Crippen molar-refractivity contribution in [2.75, 3.05) is 42.9 Å². The Morgan fingerprint density at radius 2 is 1.96 bits per heavy atom. The number of ketones is 1. The van der Waals surface area contributed by atoms with Crippen molar-refractivity contribution < 1.29 is 9.59 Å². The minimum Gasteiger partial charge on any atom is -0.354 e. The van der Waals surface area contributed by atoms with Gasteiger partial charge < -0.3 is 10.2 Å². The smallest absolute Gasteiger partial charge is 0.238 e. The molecule has 0 aliphatic carbocycles. The molecule has 1 amide bonds. The lowest BCUT2D eigenvalue weighted by Crippen LogP contribution is -2.48. The number of anilines is 2. The van der Waals surface area contributed by atoms with E-state index in [1.54, 1.807) is 42.6 Å².